The first kappa shape index (κ1) is 23.1. The van der Waals surface area contributed by atoms with Gasteiger partial charge in [-0.25, -0.2) is 4.79 Å². The number of carboxylic acid groups (broad SMARTS) is 1. The van der Waals surface area contributed by atoms with Gasteiger partial charge in [-0.2, -0.15) is 0 Å². The lowest BCUT2D eigenvalue weighted by atomic mass is 9.95. The van der Waals surface area contributed by atoms with Gasteiger partial charge in [0.05, 0.1) is 12.0 Å². The lowest BCUT2D eigenvalue weighted by molar-refractivity contribution is -0.297. The van der Waals surface area contributed by atoms with Gasteiger partial charge in [-0.15, -0.1) is 0 Å². The number of carbonyl (C=O) groups excluding carboxylic acids is 2. The van der Waals surface area contributed by atoms with Crippen molar-refractivity contribution in [3.63, 3.8) is 0 Å². The van der Waals surface area contributed by atoms with E-state index in [1.54, 1.807) is 13.0 Å². The number of aliphatic hydroxyl groups is 1. The summed E-state index contributed by atoms with van der Waals surface area (Å²) in [4.78, 5) is 34.3. The van der Waals surface area contributed by atoms with E-state index in [0.717, 1.165) is 16.7 Å². The Balaban J connectivity index is 2.17. The summed E-state index contributed by atoms with van der Waals surface area (Å²) in [5.74, 6) is -4.03. The summed E-state index contributed by atoms with van der Waals surface area (Å²) in [7, 11) is 0. The van der Waals surface area contributed by atoms with Crippen molar-refractivity contribution in [3.8, 4) is 11.1 Å². The number of aliphatic carboxylic acids is 1. The first-order valence-corrected chi connectivity index (χ1v) is 9.68. The fourth-order valence-corrected chi connectivity index (χ4v) is 3.17. The number of amides is 2. The van der Waals surface area contributed by atoms with Gasteiger partial charge in [0.2, 0.25) is 0 Å². The van der Waals surface area contributed by atoms with Crippen LogP contribution in [0.1, 0.15) is 18.9 Å². The molecule has 6 N–H and O–H groups in total. The van der Waals surface area contributed by atoms with Crippen molar-refractivity contribution in [1.29, 1.82) is 0 Å². The summed E-state index contributed by atoms with van der Waals surface area (Å²) in [6, 6.07) is 14.5. The maximum absolute atomic E-state index is 12.1. The van der Waals surface area contributed by atoms with E-state index >= 15 is 0 Å². The van der Waals surface area contributed by atoms with E-state index in [0.29, 0.717) is 17.5 Å². The second-order valence-electron chi connectivity index (χ2n) is 7.05. The van der Waals surface area contributed by atoms with Crippen LogP contribution in [0, 0.1) is 5.92 Å². The highest BCUT2D eigenvalue weighted by molar-refractivity contribution is 6.30. The van der Waals surface area contributed by atoms with Crippen LogP contribution in [0.4, 0.5) is 0 Å². The second-order valence-corrected chi connectivity index (χ2v) is 7.49. The Hall–Kier alpha value is -3.16. The molecule has 158 valence electrons. The SMILES string of the molecule is C[C@H](C[C@@H](Cc1ccc(-c2cccc(Cl)c2)cc1)NC(=O)/C(O)=C/C([NH3+])=O)C(=O)O. The van der Waals surface area contributed by atoms with E-state index in [4.69, 9.17) is 11.6 Å². The van der Waals surface area contributed by atoms with Crippen molar-refractivity contribution in [2.45, 2.75) is 25.8 Å². The summed E-state index contributed by atoms with van der Waals surface area (Å²) < 4.78 is 0. The predicted molar refractivity (Wildman–Crippen MR) is 113 cm³/mol. The van der Waals surface area contributed by atoms with Crippen LogP contribution in [0.5, 0.6) is 0 Å². The summed E-state index contributed by atoms with van der Waals surface area (Å²) in [5.41, 5.74) is 5.88. The summed E-state index contributed by atoms with van der Waals surface area (Å²) >= 11 is 6.04. The molecule has 0 spiro atoms. The van der Waals surface area contributed by atoms with Crippen LogP contribution in [0.3, 0.4) is 0 Å². The Morgan fingerprint density at radius 1 is 1.10 bits per heavy atom. The van der Waals surface area contributed by atoms with Gasteiger partial charge in [0.15, 0.2) is 5.76 Å². The number of rotatable bonds is 9. The number of hydrogen-bond acceptors (Lipinski definition) is 4. The van der Waals surface area contributed by atoms with Crippen molar-refractivity contribution in [3.05, 3.63) is 71.0 Å². The van der Waals surface area contributed by atoms with E-state index in [1.807, 2.05) is 42.5 Å². The molecule has 0 saturated heterocycles. The number of quaternary nitrogens is 1. The van der Waals surface area contributed by atoms with Crippen LogP contribution < -0.4 is 11.1 Å². The molecule has 0 saturated carbocycles. The lowest BCUT2D eigenvalue weighted by Gasteiger charge is -2.21. The molecular formula is C22H24ClN2O5+. The summed E-state index contributed by atoms with van der Waals surface area (Å²) in [6.07, 6.45) is 1.22. The van der Waals surface area contributed by atoms with Crippen LogP contribution in [0.15, 0.2) is 60.4 Å². The molecule has 7 nitrogen and oxygen atoms in total. The number of carbonyl (C=O) groups is 3. The number of nitrogens with one attached hydrogen (secondary N) is 1. The van der Waals surface area contributed by atoms with Crippen LogP contribution >= 0.6 is 11.6 Å². The van der Waals surface area contributed by atoms with Gasteiger partial charge in [0, 0.05) is 11.1 Å². The van der Waals surface area contributed by atoms with E-state index < -0.39 is 35.5 Å². The van der Waals surface area contributed by atoms with Gasteiger partial charge in [0.25, 0.3) is 5.91 Å². The van der Waals surface area contributed by atoms with Gasteiger partial charge in [-0.3, -0.25) is 15.3 Å². The zero-order valence-corrected chi connectivity index (χ0v) is 17.2. The van der Waals surface area contributed by atoms with Gasteiger partial charge >= 0.3 is 11.9 Å². The maximum atomic E-state index is 12.1. The Morgan fingerprint density at radius 2 is 1.77 bits per heavy atom. The number of aliphatic hydroxyl groups excluding tert-OH is 1. The molecule has 2 aromatic carbocycles. The Morgan fingerprint density at radius 3 is 2.33 bits per heavy atom. The monoisotopic (exact) mass is 431 g/mol. The molecule has 2 atom stereocenters. The Labute approximate surface area is 179 Å². The minimum absolute atomic E-state index is 0.155. The number of halogens is 1. The molecule has 2 rings (SSSR count). The summed E-state index contributed by atoms with van der Waals surface area (Å²) in [6.45, 7) is 1.54. The smallest absolute Gasteiger partial charge is 0.337 e. The van der Waals surface area contributed by atoms with Crippen LogP contribution in [-0.2, 0) is 20.8 Å². The van der Waals surface area contributed by atoms with Gasteiger partial charge < -0.3 is 15.5 Å². The standard InChI is InChI=1S/C22H23ClN2O5/c1-13(22(29)30)9-18(25-21(28)19(26)12-20(24)27)10-14-5-7-15(8-6-14)16-3-2-4-17(23)11-16/h2-8,11-13,18,26H,9-10H2,1H3,(H2,24,27)(H,25,28)(H,29,30)/p+1/b19-12-/t13-,18+/m1/s1. The zero-order chi connectivity index (χ0) is 22.3. The number of benzene rings is 2. The molecule has 0 fully saturated rings. The fraction of sp³-hybridized carbons (Fsp3) is 0.227. The Kier molecular flexibility index (Phi) is 8.15. The molecule has 0 unspecified atom stereocenters. The molecule has 0 radical (unpaired) electrons. The number of carboxylic acids is 1. The minimum Gasteiger partial charge on any atom is -0.503 e. The molecule has 0 aliphatic heterocycles. The first-order chi connectivity index (χ1) is 14.2. The molecular weight excluding hydrogens is 408 g/mol. The van der Waals surface area contributed by atoms with E-state index in [2.05, 4.69) is 11.1 Å². The molecule has 30 heavy (non-hydrogen) atoms. The summed E-state index contributed by atoms with van der Waals surface area (Å²) in [5, 5.41) is 22.1. The highest BCUT2D eigenvalue weighted by Crippen LogP contribution is 2.23. The van der Waals surface area contributed by atoms with E-state index in [-0.39, 0.29) is 6.42 Å². The molecule has 0 aliphatic rings. The van der Waals surface area contributed by atoms with Crippen LogP contribution in [0.25, 0.3) is 11.1 Å². The topological polar surface area (TPSA) is 131 Å². The molecule has 2 amide bonds. The van der Waals surface area contributed by atoms with Crippen molar-refractivity contribution >= 4 is 29.4 Å². The molecule has 2 aromatic rings. The third-order valence-electron chi connectivity index (χ3n) is 4.52. The number of hydrogen-bond donors (Lipinski definition) is 4. The third kappa shape index (κ3) is 7.02. The zero-order valence-electron chi connectivity index (χ0n) is 16.5. The van der Waals surface area contributed by atoms with Gasteiger partial charge in [-0.1, -0.05) is 54.9 Å². The van der Waals surface area contributed by atoms with Crippen molar-refractivity contribution in [2.24, 2.45) is 5.92 Å². The van der Waals surface area contributed by atoms with E-state index in [1.165, 1.54) is 0 Å². The van der Waals surface area contributed by atoms with Crippen molar-refractivity contribution in [1.82, 2.24) is 5.32 Å². The van der Waals surface area contributed by atoms with Crippen LogP contribution in [-0.4, -0.2) is 34.0 Å². The Bertz CT molecular complexity index is 956. The predicted octanol–water partition coefficient (Wildman–Crippen LogP) is 2.36. The molecule has 0 aromatic heterocycles. The normalized spacial score (nSPS) is 13.4. The van der Waals surface area contributed by atoms with Crippen molar-refractivity contribution in [2.75, 3.05) is 0 Å². The quantitative estimate of drug-likeness (QED) is 0.357. The lowest BCUT2D eigenvalue weighted by Crippen LogP contribution is -2.56. The average Bonchev–Trinajstić information content (AvgIpc) is 2.67. The van der Waals surface area contributed by atoms with Crippen molar-refractivity contribution < 1.29 is 30.3 Å². The average molecular weight is 432 g/mol. The molecule has 0 heterocycles. The van der Waals surface area contributed by atoms with Gasteiger partial charge in [0.1, 0.15) is 0 Å². The van der Waals surface area contributed by atoms with Crippen LogP contribution in [0.2, 0.25) is 5.02 Å². The van der Waals surface area contributed by atoms with Gasteiger partial charge in [-0.05, 0) is 41.7 Å². The highest BCUT2D eigenvalue weighted by atomic mass is 35.5. The molecule has 0 aliphatic carbocycles. The molecule has 8 heteroatoms. The second kappa shape index (κ2) is 10.6. The fourth-order valence-electron chi connectivity index (χ4n) is 2.98. The highest BCUT2D eigenvalue weighted by Gasteiger charge is 2.22. The maximum Gasteiger partial charge on any atom is 0.337 e. The first-order valence-electron chi connectivity index (χ1n) is 9.31. The largest absolute Gasteiger partial charge is 0.503 e. The molecule has 0 bridgehead atoms. The van der Waals surface area contributed by atoms with E-state index in [9.17, 15) is 24.6 Å². The third-order valence-corrected chi connectivity index (χ3v) is 4.75. The minimum atomic E-state index is -0.988.